The van der Waals surface area contributed by atoms with Crippen LogP contribution in [0.2, 0.25) is 0 Å². The van der Waals surface area contributed by atoms with E-state index in [-0.39, 0.29) is 0 Å². The highest BCUT2D eigenvalue weighted by molar-refractivity contribution is 5.81. The number of hydrogen-bond donors (Lipinski definition) is 0. The largest absolute Gasteiger partial charge is 0.303 e. The second-order valence-corrected chi connectivity index (χ2v) is 13.9. The maximum Gasteiger partial charge on any atom is 0.0973 e. The summed E-state index contributed by atoms with van der Waals surface area (Å²) in [5.41, 5.74) is 17.3. The van der Waals surface area contributed by atoms with E-state index >= 15 is 0 Å². The van der Waals surface area contributed by atoms with E-state index in [0.29, 0.717) is 0 Å². The van der Waals surface area contributed by atoms with Gasteiger partial charge in [0.2, 0.25) is 0 Å². The Morgan fingerprint density at radius 3 is 1.13 bits per heavy atom. The minimum Gasteiger partial charge on any atom is -0.303 e. The molecule has 1 nitrogen and oxygen atoms in total. The molecule has 1 aliphatic rings. The Bertz CT molecular complexity index is 2420. The van der Waals surface area contributed by atoms with Gasteiger partial charge >= 0.3 is 0 Å². The smallest absolute Gasteiger partial charge is 0.0973 e. The molecule has 0 N–H and O–H groups in total. The molecule has 55 heavy (non-hydrogen) atoms. The summed E-state index contributed by atoms with van der Waals surface area (Å²) in [6, 6.07) is 76.4. The van der Waals surface area contributed by atoms with Crippen molar-refractivity contribution >= 4 is 22.6 Å². The first kappa shape index (κ1) is 33.7. The molecule has 0 fully saturated rings. The van der Waals surface area contributed by atoms with Gasteiger partial charge in [-0.25, -0.2) is 0 Å². The third-order valence-corrected chi connectivity index (χ3v) is 10.4. The Kier molecular flexibility index (Phi) is 9.46. The van der Waals surface area contributed by atoms with Crippen molar-refractivity contribution in [1.29, 1.82) is 0 Å². The molecule has 0 atom stereocenters. The molecule has 0 unspecified atom stereocenters. The molecule has 1 aliphatic carbocycles. The highest BCUT2D eigenvalue weighted by Crippen LogP contribution is 2.37. The van der Waals surface area contributed by atoms with Crippen LogP contribution in [0.3, 0.4) is 0 Å². The number of anilines is 3. The summed E-state index contributed by atoms with van der Waals surface area (Å²) in [5.74, 6) is 0. The Hall–Kier alpha value is -7.14. The third kappa shape index (κ3) is 7.40. The summed E-state index contributed by atoms with van der Waals surface area (Å²) < 4.78 is 0. The average Bonchev–Trinajstić information content (AvgIpc) is 3.28. The number of hydrogen-bond acceptors (Lipinski definition) is 1. The summed E-state index contributed by atoms with van der Waals surface area (Å²) >= 11 is 0. The molecule has 0 bridgehead atoms. The van der Waals surface area contributed by atoms with Crippen molar-refractivity contribution in [2.45, 2.75) is 12.8 Å². The molecule has 0 aromatic heterocycles. The predicted molar refractivity (Wildman–Crippen MR) is 232 cm³/mol. The number of nitrogens with zero attached hydrogens (tertiary/aromatic N) is 1. The molecular formula is C54H39N. The highest BCUT2D eigenvalue weighted by atomic mass is 15.1. The molecule has 0 spiro atoms. The Morgan fingerprint density at radius 2 is 0.727 bits per heavy atom. The van der Waals surface area contributed by atoms with E-state index < -0.39 is 0 Å². The van der Waals surface area contributed by atoms with Gasteiger partial charge in [0.25, 0.3) is 0 Å². The van der Waals surface area contributed by atoms with Crippen LogP contribution in [-0.2, 0) is 0 Å². The first-order valence-electron chi connectivity index (χ1n) is 19.0. The topological polar surface area (TPSA) is 3.24 Å². The van der Waals surface area contributed by atoms with E-state index in [1.165, 1.54) is 55.6 Å². The van der Waals surface area contributed by atoms with Crippen LogP contribution in [0.1, 0.15) is 18.4 Å². The normalized spacial score (nSPS) is 12.1. The van der Waals surface area contributed by atoms with E-state index in [1.807, 2.05) is 0 Å². The standard InChI is InChI=1S/C54H39N/c1-4-10-40(11-5-1)43-16-22-46(23-17-43)49-28-34-52(35-29-49)55(53-36-30-50(31-37-53)47-24-18-44(19-25-47)41-12-6-2-7-13-41)54-38-32-51(33-39-54)48-26-20-45(21-27-48)42-14-8-3-9-15-42/h1-2,4-8,10-32,34-38H,3,9H2. The maximum absolute atomic E-state index is 3.53. The van der Waals surface area contributed by atoms with E-state index in [1.54, 1.807) is 0 Å². The monoisotopic (exact) mass is 701 g/mol. The molecule has 9 rings (SSSR count). The summed E-state index contributed by atoms with van der Waals surface area (Å²) in [4.78, 5) is 2.26. The zero-order chi connectivity index (χ0) is 36.8. The molecule has 8 aromatic rings. The van der Waals surface area contributed by atoms with Crippen LogP contribution >= 0.6 is 0 Å². The first-order chi connectivity index (χ1) is 27.2. The van der Waals surface area contributed by atoms with Crippen molar-refractivity contribution < 1.29 is 0 Å². The molecule has 0 heterocycles. The van der Waals surface area contributed by atoms with Crippen molar-refractivity contribution in [3.63, 3.8) is 0 Å². The van der Waals surface area contributed by atoms with Gasteiger partial charge in [-0.15, -0.1) is 0 Å². The van der Waals surface area contributed by atoms with Crippen LogP contribution in [0.5, 0.6) is 0 Å². The van der Waals surface area contributed by atoms with Crippen molar-refractivity contribution in [3.8, 4) is 55.6 Å². The van der Waals surface area contributed by atoms with Crippen LogP contribution < -0.4 is 4.90 Å². The van der Waals surface area contributed by atoms with Gasteiger partial charge < -0.3 is 4.90 Å². The van der Waals surface area contributed by atoms with Gasteiger partial charge in [-0.2, -0.15) is 0 Å². The zero-order valence-corrected chi connectivity index (χ0v) is 30.6. The lowest BCUT2D eigenvalue weighted by Gasteiger charge is -2.24. The van der Waals surface area contributed by atoms with Crippen LogP contribution in [0.4, 0.5) is 17.1 Å². The fourth-order valence-corrected chi connectivity index (χ4v) is 7.35. The van der Waals surface area contributed by atoms with Gasteiger partial charge in [0.15, 0.2) is 0 Å². The summed E-state index contributed by atoms with van der Waals surface area (Å²) in [5, 5.41) is 0. The van der Waals surface area contributed by atoms with Gasteiger partial charge in [-0.1, -0.05) is 182 Å². The molecule has 0 amide bonds. The third-order valence-electron chi connectivity index (χ3n) is 10.4. The van der Waals surface area contributed by atoms with Crippen molar-refractivity contribution in [2.75, 3.05) is 4.90 Å². The number of benzene rings is 7. The van der Waals surface area contributed by atoms with Gasteiger partial charge in [0, 0.05) is 16.9 Å². The maximum atomic E-state index is 3.53. The van der Waals surface area contributed by atoms with Crippen LogP contribution in [-0.4, -0.2) is 0 Å². The van der Waals surface area contributed by atoms with Gasteiger partial charge in [0.05, 0.1) is 5.69 Å². The van der Waals surface area contributed by atoms with E-state index in [9.17, 15) is 0 Å². The quantitative estimate of drug-likeness (QED) is 0.145. The van der Waals surface area contributed by atoms with E-state index in [0.717, 1.165) is 41.0 Å². The summed E-state index contributed by atoms with van der Waals surface area (Å²) in [7, 11) is 0. The van der Waals surface area contributed by atoms with Gasteiger partial charge in [-0.3, -0.25) is 0 Å². The van der Waals surface area contributed by atoms with E-state index in [2.05, 4.69) is 229 Å². The van der Waals surface area contributed by atoms with Crippen molar-refractivity contribution in [1.82, 2.24) is 0 Å². The lowest BCUT2D eigenvalue weighted by Crippen LogP contribution is -2.09. The molecular weight excluding hydrogens is 663 g/mol. The first-order valence-corrected chi connectivity index (χ1v) is 19.0. The Balaban J connectivity index is 1.01. The fraction of sp³-hybridized carbons (Fsp3) is 0.0370. The predicted octanol–water partition coefficient (Wildman–Crippen LogP) is 14.8. The Labute approximate surface area is 324 Å². The summed E-state index contributed by atoms with van der Waals surface area (Å²) in [6.45, 7) is 0. The second kappa shape index (κ2) is 15.5. The molecule has 0 aliphatic heterocycles. The molecule has 1 heteroatoms. The molecule has 0 saturated heterocycles. The second-order valence-electron chi connectivity index (χ2n) is 13.9. The lowest BCUT2D eigenvalue weighted by molar-refractivity contribution is 1.04. The minimum absolute atomic E-state index is 0.929. The zero-order valence-electron chi connectivity index (χ0n) is 30.6. The molecule has 0 radical (unpaired) electrons. The van der Waals surface area contributed by atoms with Crippen molar-refractivity contribution in [3.05, 3.63) is 230 Å². The van der Waals surface area contributed by atoms with Crippen LogP contribution in [0.15, 0.2) is 212 Å². The Morgan fingerprint density at radius 1 is 0.327 bits per heavy atom. The summed E-state index contributed by atoms with van der Waals surface area (Å²) in [6.07, 6.45) is 9.02. The minimum atomic E-state index is 0.929. The SMILES string of the molecule is c1c(-c2ccc(C3=CCCC=C3)cc2)ccc(N(c2ccc(-c3ccc(-c4ccccc4)cc3)cc2)c2ccc(-c3ccc(-c4ccccc4)cc3)cc2)c#1. The lowest BCUT2D eigenvalue weighted by atomic mass is 9.97. The molecule has 8 aromatic carbocycles. The molecule has 0 saturated carbocycles. The van der Waals surface area contributed by atoms with Crippen LogP contribution in [0, 0.1) is 12.1 Å². The highest BCUT2D eigenvalue weighted by Gasteiger charge is 2.14. The van der Waals surface area contributed by atoms with E-state index in [4.69, 9.17) is 0 Å². The van der Waals surface area contributed by atoms with Crippen molar-refractivity contribution in [2.24, 2.45) is 0 Å². The number of rotatable bonds is 9. The molecule has 260 valence electrons. The van der Waals surface area contributed by atoms with Gasteiger partial charge in [-0.05, 0) is 117 Å². The number of allylic oxidation sites excluding steroid dienone is 4. The van der Waals surface area contributed by atoms with Crippen LogP contribution in [0.25, 0.3) is 61.2 Å². The average molecular weight is 702 g/mol. The van der Waals surface area contributed by atoms with Gasteiger partial charge in [0.1, 0.15) is 0 Å². The fourth-order valence-electron chi connectivity index (χ4n) is 7.35.